The smallest absolute Gasteiger partial charge is 0.321 e. The Balaban J connectivity index is 1.59. The molecular weight excluding hydrogens is 322 g/mol. The summed E-state index contributed by atoms with van der Waals surface area (Å²) >= 11 is 0. The minimum Gasteiger partial charge on any atom is -0.321 e. The van der Waals surface area contributed by atoms with Crippen LogP contribution < -0.4 is 11.0 Å². The Morgan fingerprint density at radius 2 is 2.00 bits per heavy atom. The monoisotopic (exact) mass is 335 g/mol. The van der Waals surface area contributed by atoms with Crippen molar-refractivity contribution in [3.05, 3.63) is 71.7 Å². The predicted octanol–water partition coefficient (Wildman–Crippen LogP) is 0.715. The fourth-order valence-corrected chi connectivity index (χ4v) is 2.47. The van der Waals surface area contributed by atoms with Crippen LogP contribution in [-0.2, 0) is 11.3 Å². The molecule has 9 nitrogen and oxygen atoms in total. The molecule has 4 rings (SSSR count). The Morgan fingerprint density at radius 3 is 2.80 bits per heavy atom. The molecular formula is C16H13N7O2. The van der Waals surface area contributed by atoms with Crippen molar-refractivity contribution in [3.63, 3.8) is 0 Å². The number of rotatable bonds is 4. The molecule has 0 aliphatic rings. The highest BCUT2D eigenvalue weighted by Gasteiger charge is 2.13. The van der Waals surface area contributed by atoms with Gasteiger partial charge in [-0.25, -0.2) is 19.1 Å². The summed E-state index contributed by atoms with van der Waals surface area (Å²) < 4.78 is 4.05. The zero-order valence-electron chi connectivity index (χ0n) is 13.0. The number of nitrogens with zero attached hydrogens (tertiary/aromatic N) is 6. The molecule has 4 aromatic rings. The van der Waals surface area contributed by atoms with Gasteiger partial charge in [-0.1, -0.05) is 6.07 Å². The highest BCUT2D eigenvalue weighted by Crippen LogP contribution is 2.15. The van der Waals surface area contributed by atoms with Crippen molar-refractivity contribution in [1.29, 1.82) is 0 Å². The van der Waals surface area contributed by atoms with Crippen molar-refractivity contribution < 1.29 is 4.79 Å². The lowest BCUT2D eigenvalue weighted by Crippen LogP contribution is -2.28. The van der Waals surface area contributed by atoms with Crippen LogP contribution in [-0.4, -0.2) is 34.9 Å². The SMILES string of the molecule is O=C(Cn1nc2ccccn2c1=O)Nc1cccnc1-n1cccn1. The third kappa shape index (κ3) is 2.78. The Labute approximate surface area is 141 Å². The molecule has 0 spiro atoms. The number of amides is 1. The van der Waals surface area contributed by atoms with Crippen LogP contribution in [0.5, 0.6) is 0 Å². The third-order valence-electron chi connectivity index (χ3n) is 3.56. The largest absolute Gasteiger partial charge is 0.350 e. The zero-order valence-corrected chi connectivity index (χ0v) is 13.0. The van der Waals surface area contributed by atoms with Gasteiger partial charge in [0, 0.05) is 24.8 Å². The van der Waals surface area contributed by atoms with Crippen molar-refractivity contribution in [2.75, 3.05) is 5.32 Å². The van der Waals surface area contributed by atoms with Crippen LogP contribution in [0.1, 0.15) is 0 Å². The number of anilines is 1. The number of hydrogen-bond acceptors (Lipinski definition) is 5. The van der Waals surface area contributed by atoms with Crippen molar-refractivity contribution >= 4 is 17.2 Å². The minimum absolute atomic E-state index is 0.200. The number of carbonyl (C=O) groups excluding carboxylic acids is 1. The Hall–Kier alpha value is -3.75. The Kier molecular flexibility index (Phi) is 3.58. The molecule has 0 atom stereocenters. The molecule has 124 valence electrons. The maximum absolute atomic E-state index is 12.4. The minimum atomic E-state index is -0.382. The standard InChI is InChI=1S/C16H13N7O2/c24-14(11-23-16(25)21-9-2-1-6-13(21)20-23)19-12-5-3-7-17-15(12)22-10-4-8-18-22/h1-10H,11H2,(H,19,24). The topological polar surface area (TPSA) is 99.1 Å². The second-order valence-electron chi connectivity index (χ2n) is 5.24. The summed E-state index contributed by atoms with van der Waals surface area (Å²) in [4.78, 5) is 28.8. The molecule has 0 saturated heterocycles. The van der Waals surface area contributed by atoms with Crippen molar-refractivity contribution in [1.82, 2.24) is 28.9 Å². The van der Waals surface area contributed by atoms with E-state index in [0.717, 1.165) is 4.68 Å². The molecule has 0 aliphatic heterocycles. The van der Waals surface area contributed by atoms with Gasteiger partial charge in [-0.05, 0) is 30.3 Å². The molecule has 9 heteroatoms. The van der Waals surface area contributed by atoms with E-state index in [1.54, 1.807) is 65.9 Å². The lowest BCUT2D eigenvalue weighted by atomic mass is 10.3. The summed E-state index contributed by atoms with van der Waals surface area (Å²) in [6.45, 7) is -0.200. The molecule has 0 aromatic carbocycles. The lowest BCUT2D eigenvalue weighted by Gasteiger charge is -2.09. The van der Waals surface area contributed by atoms with Gasteiger partial charge in [0.25, 0.3) is 0 Å². The fourth-order valence-electron chi connectivity index (χ4n) is 2.47. The second-order valence-corrected chi connectivity index (χ2v) is 5.24. The molecule has 0 fully saturated rings. The first-order valence-corrected chi connectivity index (χ1v) is 7.51. The third-order valence-corrected chi connectivity index (χ3v) is 3.56. The molecule has 0 saturated carbocycles. The summed E-state index contributed by atoms with van der Waals surface area (Å²) in [5.74, 6) is 0.107. The van der Waals surface area contributed by atoms with E-state index in [-0.39, 0.29) is 18.1 Å². The highest BCUT2D eigenvalue weighted by atomic mass is 16.2. The van der Waals surface area contributed by atoms with Crippen LogP contribution in [0, 0.1) is 0 Å². The van der Waals surface area contributed by atoms with Crippen LogP contribution in [0.3, 0.4) is 0 Å². The number of pyridine rings is 2. The molecule has 1 amide bonds. The van der Waals surface area contributed by atoms with Gasteiger partial charge >= 0.3 is 5.69 Å². The van der Waals surface area contributed by atoms with Gasteiger partial charge in [-0.15, -0.1) is 5.10 Å². The van der Waals surface area contributed by atoms with E-state index in [1.807, 2.05) is 0 Å². The van der Waals surface area contributed by atoms with E-state index < -0.39 is 0 Å². The predicted molar refractivity (Wildman–Crippen MR) is 89.4 cm³/mol. The highest BCUT2D eigenvalue weighted by molar-refractivity contribution is 5.92. The summed E-state index contributed by atoms with van der Waals surface area (Å²) in [6, 6.07) is 10.4. The lowest BCUT2D eigenvalue weighted by molar-refractivity contribution is -0.117. The first-order chi connectivity index (χ1) is 12.2. The van der Waals surface area contributed by atoms with E-state index in [2.05, 4.69) is 20.5 Å². The second kappa shape index (κ2) is 6.04. The van der Waals surface area contributed by atoms with Gasteiger partial charge in [-0.2, -0.15) is 5.10 Å². The summed E-state index contributed by atoms with van der Waals surface area (Å²) in [5.41, 5.74) is 0.608. The molecule has 4 aromatic heterocycles. The summed E-state index contributed by atoms with van der Waals surface area (Å²) in [7, 11) is 0. The molecule has 25 heavy (non-hydrogen) atoms. The van der Waals surface area contributed by atoms with Crippen LogP contribution in [0.4, 0.5) is 5.69 Å². The molecule has 0 aliphatic carbocycles. The van der Waals surface area contributed by atoms with Gasteiger partial charge in [-0.3, -0.25) is 9.20 Å². The normalized spacial score (nSPS) is 10.9. The number of aromatic nitrogens is 6. The molecule has 1 N–H and O–H groups in total. The van der Waals surface area contributed by atoms with Gasteiger partial charge in [0.15, 0.2) is 11.5 Å². The van der Waals surface area contributed by atoms with Crippen LogP contribution in [0.25, 0.3) is 11.5 Å². The van der Waals surface area contributed by atoms with E-state index in [4.69, 9.17) is 0 Å². The van der Waals surface area contributed by atoms with Gasteiger partial charge < -0.3 is 5.32 Å². The maximum Gasteiger partial charge on any atom is 0.350 e. The van der Waals surface area contributed by atoms with E-state index in [0.29, 0.717) is 17.2 Å². The van der Waals surface area contributed by atoms with Crippen molar-refractivity contribution in [2.45, 2.75) is 6.54 Å². The molecule has 0 bridgehead atoms. The number of nitrogens with one attached hydrogen (secondary N) is 1. The first-order valence-electron chi connectivity index (χ1n) is 7.51. The van der Waals surface area contributed by atoms with Crippen molar-refractivity contribution in [2.24, 2.45) is 0 Å². The molecule has 0 radical (unpaired) electrons. The number of carbonyl (C=O) groups is 1. The Morgan fingerprint density at radius 1 is 1.08 bits per heavy atom. The molecule has 0 unspecified atom stereocenters. The average Bonchev–Trinajstić information content (AvgIpc) is 3.25. The van der Waals surface area contributed by atoms with Crippen LogP contribution in [0.15, 0.2) is 66.0 Å². The average molecular weight is 335 g/mol. The van der Waals surface area contributed by atoms with Crippen LogP contribution >= 0.6 is 0 Å². The molecule has 4 heterocycles. The van der Waals surface area contributed by atoms with Gasteiger partial charge in [0.1, 0.15) is 6.54 Å². The Bertz CT molecular complexity index is 1100. The number of fused-ring (bicyclic) bond motifs is 1. The fraction of sp³-hybridized carbons (Fsp3) is 0.0625. The first kappa shape index (κ1) is 14.8. The maximum atomic E-state index is 12.4. The van der Waals surface area contributed by atoms with E-state index in [1.165, 1.54) is 4.40 Å². The van der Waals surface area contributed by atoms with Gasteiger partial charge in [0.2, 0.25) is 5.91 Å². The zero-order chi connectivity index (χ0) is 17.2. The van der Waals surface area contributed by atoms with Crippen LogP contribution in [0.2, 0.25) is 0 Å². The van der Waals surface area contributed by atoms with Gasteiger partial charge in [0.05, 0.1) is 5.69 Å². The summed E-state index contributed by atoms with van der Waals surface area (Å²) in [6.07, 6.45) is 6.57. The quantitative estimate of drug-likeness (QED) is 0.592. The van der Waals surface area contributed by atoms with Crippen molar-refractivity contribution in [3.8, 4) is 5.82 Å². The summed E-state index contributed by atoms with van der Waals surface area (Å²) in [5, 5.41) is 11.0. The van der Waals surface area contributed by atoms with E-state index in [9.17, 15) is 9.59 Å². The number of hydrogen-bond donors (Lipinski definition) is 1. The van der Waals surface area contributed by atoms with E-state index >= 15 is 0 Å².